The summed E-state index contributed by atoms with van der Waals surface area (Å²) in [5, 5.41) is 0. The third-order valence-corrected chi connectivity index (χ3v) is 4.56. The summed E-state index contributed by atoms with van der Waals surface area (Å²) in [7, 11) is 0. The Bertz CT molecular complexity index is 327. The normalized spacial score (nSPS) is 18.6. The van der Waals surface area contributed by atoms with E-state index in [2.05, 4.69) is 32.3 Å². The van der Waals surface area contributed by atoms with Gasteiger partial charge in [-0.05, 0) is 30.7 Å². The van der Waals surface area contributed by atoms with Crippen LogP contribution in [0.3, 0.4) is 0 Å². The molecule has 1 aliphatic rings. The largest absolute Gasteiger partial charge is 0.340 e. The van der Waals surface area contributed by atoms with Gasteiger partial charge in [-0.25, -0.2) is 0 Å². The second-order valence-electron chi connectivity index (χ2n) is 7.15. The van der Waals surface area contributed by atoms with Crippen LogP contribution in [0.15, 0.2) is 12.7 Å². The number of hydrogen-bond donors (Lipinski definition) is 1. The summed E-state index contributed by atoms with van der Waals surface area (Å²) >= 11 is 0. The third-order valence-electron chi connectivity index (χ3n) is 4.56. The van der Waals surface area contributed by atoms with Crippen LogP contribution >= 0.6 is 0 Å². The molecule has 2 N–H and O–H groups in total. The van der Waals surface area contributed by atoms with E-state index < -0.39 is 0 Å². The average molecular weight is 295 g/mol. The topological polar surface area (TPSA) is 49.6 Å². The molecule has 0 spiro atoms. The van der Waals surface area contributed by atoms with Gasteiger partial charge in [0.05, 0.1) is 0 Å². The lowest BCUT2D eigenvalue weighted by atomic mass is 9.76. The number of rotatable bonds is 7. The van der Waals surface area contributed by atoms with Gasteiger partial charge < -0.3 is 10.6 Å². The van der Waals surface area contributed by atoms with Crippen LogP contribution in [0.25, 0.3) is 0 Å². The van der Waals surface area contributed by atoms with E-state index in [1.165, 1.54) is 0 Å². The summed E-state index contributed by atoms with van der Waals surface area (Å²) in [5.41, 5.74) is 5.93. The van der Waals surface area contributed by atoms with E-state index in [9.17, 15) is 4.79 Å². The highest BCUT2D eigenvalue weighted by atomic mass is 16.2. The molecule has 1 rings (SSSR count). The Morgan fingerprint density at radius 2 is 1.86 bits per heavy atom. The standard InChI is InChI=1S/C17H33N3O/c1-5-10-19-11-13-20(14-12-19)16(21)7-6-15(8-9-18)17(2,3)4/h5,15H,1,6-14,18H2,2-4H3. The molecule has 1 heterocycles. The van der Waals surface area contributed by atoms with Crippen molar-refractivity contribution >= 4 is 5.91 Å². The fraction of sp³-hybridized carbons (Fsp3) is 0.824. The fourth-order valence-corrected chi connectivity index (χ4v) is 3.03. The zero-order valence-corrected chi connectivity index (χ0v) is 14.1. The van der Waals surface area contributed by atoms with Gasteiger partial charge in [0.1, 0.15) is 0 Å². The number of amides is 1. The smallest absolute Gasteiger partial charge is 0.222 e. The van der Waals surface area contributed by atoms with Crippen molar-refractivity contribution < 1.29 is 4.79 Å². The number of nitrogens with zero attached hydrogens (tertiary/aromatic N) is 2. The Hall–Kier alpha value is -0.870. The molecule has 1 atom stereocenters. The summed E-state index contributed by atoms with van der Waals surface area (Å²) in [6, 6.07) is 0. The second kappa shape index (κ2) is 8.54. The van der Waals surface area contributed by atoms with Crippen molar-refractivity contribution in [2.24, 2.45) is 17.1 Å². The first-order chi connectivity index (χ1) is 9.88. The SMILES string of the molecule is C=CCN1CCN(C(=O)CCC(CCN)C(C)(C)C)CC1. The molecular weight excluding hydrogens is 262 g/mol. The predicted molar refractivity (Wildman–Crippen MR) is 89.1 cm³/mol. The first-order valence-corrected chi connectivity index (χ1v) is 8.19. The van der Waals surface area contributed by atoms with Gasteiger partial charge in [-0.3, -0.25) is 9.69 Å². The Kier molecular flexibility index (Phi) is 7.40. The van der Waals surface area contributed by atoms with Crippen LogP contribution in [0.4, 0.5) is 0 Å². The lowest BCUT2D eigenvalue weighted by Gasteiger charge is -2.35. The van der Waals surface area contributed by atoms with Crippen LogP contribution in [-0.2, 0) is 4.79 Å². The Labute approximate surface area is 130 Å². The van der Waals surface area contributed by atoms with Crippen molar-refractivity contribution in [3.63, 3.8) is 0 Å². The zero-order chi connectivity index (χ0) is 15.9. The molecule has 1 unspecified atom stereocenters. The second-order valence-corrected chi connectivity index (χ2v) is 7.15. The number of carbonyl (C=O) groups excluding carboxylic acids is 1. The van der Waals surface area contributed by atoms with E-state index in [1.807, 2.05) is 11.0 Å². The highest BCUT2D eigenvalue weighted by Gasteiger charge is 2.26. The summed E-state index contributed by atoms with van der Waals surface area (Å²) in [6.07, 6.45) is 4.54. The lowest BCUT2D eigenvalue weighted by molar-refractivity contribution is -0.133. The van der Waals surface area contributed by atoms with Gasteiger partial charge in [0.25, 0.3) is 0 Å². The van der Waals surface area contributed by atoms with E-state index in [-0.39, 0.29) is 5.41 Å². The van der Waals surface area contributed by atoms with Gasteiger partial charge in [0.2, 0.25) is 5.91 Å². The Morgan fingerprint density at radius 3 is 2.33 bits per heavy atom. The fourth-order valence-electron chi connectivity index (χ4n) is 3.03. The van der Waals surface area contributed by atoms with Gasteiger partial charge in [-0.1, -0.05) is 26.8 Å². The Balaban J connectivity index is 2.38. The van der Waals surface area contributed by atoms with Crippen molar-refractivity contribution in [3.05, 3.63) is 12.7 Å². The maximum absolute atomic E-state index is 12.4. The van der Waals surface area contributed by atoms with Gasteiger partial charge in [-0.2, -0.15) is 0 Å². The number of carbonyl (C=O) groups is 1. The number of hydrogen-bond acceptors (Lipinski definition) is 3. The maximum atomic E-state index is 12.4. The number of nitrogens with two attached hydrogens (primary N) is 1. The molecule has 1 fully saturated rings. The molecule has 122 valence electrons. The van der Waals surface area contributed by atoms with E-state index in [4.69, 9.17) is 5.73 Å². The molecule has 0 aromatic heterocycles. The highest BCUT2D eigenvalue weighted by Crippen LogP contribution is 2.32. The average Bonchev–Trinajstić information content (AvgIpc) is 2.43. The highest BCUT2D eigenvalue weighted by molar-refractivity contribution is 5.76. The summed E-state index contributed by atoms with van der Waals surface area (Å²) in [5.74, 6) is 0.827. The summed E-state index contributed by atoms with van der Waals surface area (Å²) in [4.78, 5) is 16.7. The minimum Gasteiger partial charge on any atom is -0.340 e. The van der Waals surface area contributed by atoms with Crippen molar-refractivity contribution in [3.8, 4) is 0 Å². The molecule has 1 amide bonds. The molecule has 0 aromatic carbocycles. The van der Waals surface area contributed by atoms with E-state index in [0.717, 1.165) is 45.6 Å². The molecule has 1 saturated heterocycles. The first-order valence-electron chi connectivity index (χ1n) is 8.19. The quantitative estimate of drug-likeness (QED) is 0.732. The summed E-state index contributed by atoms with van der Waals surface area (Å²) < 4.78 is 0. The van der Waals surface area contributed by atoms with Crippen LogP contribution in [-0.4, -0.2) is 55.0 Å². The minimum absolute atomic E-state index is 0.225. The minimum atomic E-state index is 0.225. The molecule has 0 radical (unpaired) electrons. The van der Waals surface area contributed by atoms with Crippen molar-refractivity contribution in [1.82, 2.24) is 9.80 Å². The first kappa shape index (κ1) is 18.2. The van der Waals surface area contributed by atoms with E-state index in [0.29, 0.717) is 24.8 Å². The molecule has 0 aliphatic carbocycles. The molecular formula is C17H33N3O. The molecule has 0 bridgehead atoms. The maximum Gasteiger partial charge on any atom is 0.222 e. The monoisotopic (exact) mass is 295 g/mol. The predicted octanol–water partition coefficient (Wildman–Crippen LogP) is 2.11. The Morgan fingerprint density at radius 1 is 1.24 bits per heavy atom. The van der Waals surface area contributed by atoms with Crippen LogP contribution in [0.2, 0.25) is 0 Å². The van der Waals surface area contributed by atoms with Crippen LogP contribution in [0, 0.1) is 11.3 Å². The molecule has 0 aromatic rings. The molecule has 4 heteroatoms. The van der Waals surface area contributed by atoms with E-state index >= 15 is 0 Å². The third kappa shape index (κ3) is 6.18. The van der Waals surface area contributed by atoms with Crippen molar-refractivity contribution in [2.45, 2.75) is 40.0 Å². The van der Waals surface area contributed by atoms with Crippen LogP contribution in [0.1, 0.15) is 40.0 Å². The lowest BCUT2D eigenvalue weighted by Crippen LogP contribution is -2.48. The number of piperazine rings is 1. The van der Waals surface area contributed by atoms with Crippen LogP contribution in [0.5, 0.6) is 0 Å². The van der Waals surface area contributed by atoms with E-state index in [1.54, 1.807) is 0 Å². The van der Waals surface area contributed by atoms with Gasteiger partial charge in [0.15, 0.2) is 0 Å². The van der Waals surface area contributed by atoms with Crippen molar-refractivity contribution in [2.75, 3.05) is 39.3 Å². The van der Waals surface area contributed by atoms with Gasteiger partial charge >= 0.3 is 0 Å². The molecule has 4 nitrogen and oxygen atoms in total. The molecule has 0 saturated carbocycles. The van der Waals surface area contributed by atoms with Crippen molar-refractivity contribution in [1.29, 1.82) is 0 Å². The van der Waals surface area contributed by atoms with Crippen LogP contribution < -0.4 is 5.73 Å². The van der Waals surface area contributed by atoms with Gasteiger partial charge in [0, 0.05) is 39.1 Å². The molecule has 1 aliphatic heterocycles. The van der Waals surface area contributed by atoms with Gasteiger partial charge in [-0.15, -0.1) is 6.58 Å². The molecule has 21 heavy (non-hydrogen) atoms. The zero-order valence-electron chi connectivity index (χ0n) is 14.1. The summed E-state index contributed by atoms with van der Waals surface area (Å²) in [6.45, 7) is 15.7.